The molecule has 0 radical (unpaired) electrons. The molecule has 3 aromatic carbocycles. The van der Waals surface area contributed by atoms with E-state index in [2.05, 4.69) is 25.4 Å². The fourth-order valence-electron chi connectivity index (χ4n) is 2.57. The summed E-state index contributed by atoms with van der Waals surface area (Å²) in [5.74, 6) is -0.843. The Hall–Kier alpha value is -3.32. The summed E-state index contributed by atoms with van der Waals surface area (Å²) in [5.41, 5.74) is 3.56. The predicted molar refractivity (Wildman–Crippen MR) is 117 cm³/mol. The van der Waals surface area contributed by atoms with Gasteiger partial charge in [-0.2, -0.15) is 0 Å². The number of hydrogen-bond donors (Lipinski definition) is 2. The Balaban J connectivity index is 0.000000232. The van der Waals surface area contributed by atoms with E-state index < -0.39 is 11.9 Å². The van der Waals surface area contributed by atoms with Gasteiger partial charge in [-0.1, -0.05) is 45.8 Å². The Morgan fingerprint density at radius 2 is 1.23 bits per heavy atom. The van der Waals surface area contributed by atoms with Crippen LogP contribution in [0.4, 0.5) is 0 Å². The van der Waals surface area contributed by atoms with Gasteiger partial charge >= 0.3 is 11.9 Å². The number of benzene rings is 3. The van der Waals surface area contributed by atoms with E-state index in [1.807, 2.05) is 31.2 Å². The third kappa shape index (κ3) is 6.35. The number of carbonyl (C=O) groups is 2. The molecule has 0 bridgehead atoms. The monoisotopic (exact) mass is 472 g/mol. The summed E-state index contributed by atoms with van der Waals surface area (Å²) in [6.45, 7) is 2.01. The maximum absolute atomic E-state index is 11.5. The first-order valence-corrected chi connectivity index (χ1v) is 9.60. The standard InChI is InChI=1S/C15H14O3.C8H7BrO3/c1-10-3-5-11(6-4-10)12-7-13(15(17)18-2)9-14(16)8-12;1-12-8(11)5-2-6(9)4-7(10)3-5/h3-9,16H,1-2H3;2-4,10H,1H3. The lowest BCUT2D eigenvalue weighted by Crippen LogP contribution is -2.01. The number of halogens is 1. The number of aryl methyl sites for hydroxylation is 1. The molecule has 0 unspecified atom stereocenters. The second kappa shape index (κ2) is 10.5. The van der Waals surface area contributed by atoms with Crippen LogP contribution in [0.3, 0.4) is 0 Å². The molecule has 0 aliphatic rings. The van der Waals surface area contributed by atoms with Crippen molar-refractivity contribution in [3.63, 3.8) is 0 Å². The Labute approximate surface area is 182 Å². The molecule has 0 aliphatic heterocycles. The number of methoxy groups -OCH3 is 2. The van der Waals surface area contributed by atoms with Crippen LogP contribution in [0.2, 0.25) is 0 Å². The van der Waals surface area contributed by atoms with E-state index in [-0.39, 0.29) is 11.5 Å². The second-order valence-electron chi connectivity index (χ2n) is 6.32. The van der Waals surface area contributed by atoms with Crippen molar-refractivity contribution in [1.29, 1.82) is 0 Å². The minimum atomic E-state index is -0.466. The van der Waals surface area contributed by atoms with Crippen molar-refractivity contribution in [2.75, 3.05) is 14.2 Å². The fraction of sp³-hybridized carbons (Fsp3) is 0.130. The molecule has 0 aromatic heterocycles. The zero-order valence-corrected chi connectivity index (χ0v) is 18.3. The molecule has 3 aromatic rings. The molecular weight excluding hydrogens is 452 g/mol. The van der Waals surface area contributed by atoms with Crippen molar-refractivity contribution in [2.45, 2.75) is 6.92 Å². The Bertz CT molecular complexity index is 1020. The lowest BCUT2D eigenvalue weighted by Gasteiger charge is -2.06. The molecule has 0 saturated heterocycles. The van der Waals surface area contributed by atoms with Gasteiger partial charge in [0.1, 0.15) is 11.5 Å². The Kier molecular flexibility index (Phi) is 8.00. The topological polar surface area (TPSA) is 93.1 Å². The minimum absolute atomic E-state index is 0.0322. The second-order valence-corrected chi connectivity index (χ2v) is 7.23. The number of aromatic hydroxyl groups is 2. The van der Waals surface area contributed by atoms with Gasteiger partial charge in [-0.15, -0.1) is 0 Å². The van der Waals surface area contributed by atoms with Crippen molar-refractivity contribution in [3.8, 4) is 22.6 Å². The number of phenols is 2. The van der Waals surface area contributed by atoms with Gasteiger partial charge < -0.3 is 19.7 Å². The van der Waals surface area contributed by atoms with Gasteiger partial charge in [-0.3, -0.25) is 0 Å². The number of esters is 2. The van der Waals surface area contributed by atoms with E-state index in [0.717, 1.165) is 16.7 Å². The molecule has 7 heteroatoms. The molecule has 0 fully saturated rings. The van der Waals surface area contributed by atoms with Crippen molar-refractivity contribution < 1.29 is 29.3 Å². The van der Waals surface area contributed by atoms with E-state index >= 15 is 0 Å². The number of rotatable bonds is 3. The Morgan fingerprint density at radius 1 is 0.733 bits per heavy atom. The highest BCUT2D eigenvalue weighted by molar-refractivity contribution is 9.10. The molecule has 0 heterocycles. The summed E-state index contributed by atoms with van der Waals surface area (Å²) < 4.78 is 9.77. The molecule has 0 amide bonds. The first-order chi connectivity index (χ1) is 14.2. The van der Waals surface area contributed by atoms with E-state index in [0.29, 0.717) is 15.6 Å². The van der Waals surface area contributed by atoms with Crippen molar-refractivity contribution in [1.82, 2.24) is 0 Å². The lowest BCUT2D eigenvalue weighted by molar-refractivity contribution is 0.0591. The average Bonchev–Trinajstić information content (AvgIpc) is 2.72. The SMILES string of the molecule is COC(=O)c1cc(O)cc(-c2ccc(C)cc2)c1.COC(=O)c1cc(O)cc(Br)c1. The van der Waals surface area contributed by atoms with Gasteiger partial charge in [0.05, 0.1) is 25.3 Å². The average molecular weight is 473 g/mol. The molecule has 0 atom stereocenters. The molecule has 0 spiro atoms. The summed E-state index contributed by atoms with van der Waals surface area (Å²) in [7, 11) is 2.61. The molecular formula is C23H21BrO6. The van der Waals surface area contributed by atoms with Crippen LogP contribution in [0.5, 0.6) is 11.5 Å². The zero-order chi connectivity index (χ0) is 22.3. The van der Waals surface area contributed by atoms with Crippen LogP contribution in [-0.4, -0.2) is 36.4 Å². The van der Waals surface area contributed by atoms with Gasteiger partial charge in [0.2, 0.25) is 0 Å². The quantitative estimate of drug-likeness (QED) is 0.515. The minimum Gasteiger partial charge on any atom is -0.508 e. The van der Waals surface area contributed by atoms with E-state index in [1.54, 1.807) is 18.2 Å². The van der Waals surface area contributed by atoms with Crippen LogP contribution in [0.1, 0.15) is 26.3 Å². The first kappa shape index (κ1) is 23.0. The molecule has 156 valence electrons. The van der Waals surface area contributed by atoms with E-state index in [1.165, 1.54) is 32.4 Å². The lowest BCUT2D eigenvalue weighted by atomic mass is 10.0. The third-order valence-electron chi connectivity index (χ3n) is 4.03. The fourth-order valence-corrected chi connectivity index (χ4v) is 3.05. The van der Waals surface area contributed by atoms with Gasteiger partial charge in [-0.05, 0) is 54.4 Å². The van der Waals surface area contributed by atoms with Crippen LogP contribution in [0, 0.1) is 6.92 Å². The maximum atomic E-state index is 11.5. The van der Waals surface area contributed by atoms with Crippen LogP contribution in [0.25, 0.3) is 11.1 Å². The molecule has 6 nitrogen and oxygen atoms in total. The molecule has 0 aliphatic carbocycles. The molecule has 30 heavy (non-hydrogen) atoms. The summed E-state index contributed by atoms with van der Waals surface area (Å²) in [6, 6.07) is 17.0. The number of hydrogen-bond acceptors (Lipinski definition) is 6. The largest absolute Gasteiger partial charge is 0.508 e. The highest BCUT2D eigenvalue weighted by Gasteiger charge is 2.09. The highest BCUT2D eigenvalue weighted by atomic mass is 79.9. The number of ether oxygens (including phenoxy) is 2. The van der Waals surface area contributed by atoms with Crippen LogP contribution in [0.15, 0.2) is 65.1 Å². The smallest absolute Gasteiger partial charge is 0.338 e. The summed E-state index contributed by atoms with van der Waals surface area (Å²) in [4.78, 5) is 22.4. The molecule has 2 N–H and O–H groups in total. The maximum Gasteiger partial charge on any atom is 0.338 e. The van der Waals surface area contributed by atoms with Gasteiger partial charge in [-0.25, -0.2) is 9.59 Å². The third-order valence-corrected chi connectivity index (χ3v) is 4.49. The summed E-state index contributed by atoms with van der Waals surface area (Å²) in [6.07, 6.45) is 0. The van der Waals surface area contributed by atoms with Crippen molar-refractivity contribution >= 4 is 27.9 Å². The molecule has 0 saturated carbocycles. The van der Waals surface area contributed by atoms with E-state index in [9.17, 15) is 14.7 Å². The van der Waals surface area contributed by atoms with Crippen LogP contribution >= 0.6 is 15.9 Å². The predicted octanol–water partition coefficient (Wildman–Crippen LogP) is 5.10. The van der Waals surface area contributed by atoms with Gasteiger partial charge in [0.25, 0.3) is 0 Å². The first-order valence-electron chi connectivity index (χ1n) is 8.80. The molecule has 3 rings (SSSR count). The number of phenolic OH excluding ortho intramolecular Hbond substituents is 2. The van der Waals surface area contributed by atoms with Gasteiger partial charge in [0.15, 0.2) is 0 Å². The van der Waals surface area contributed by atoms with Gasteiger partial charge in [0, 0.05) is 4.47 Å². The van der Waals surface area contributed by atoms with E-state index in [4.69, 9.17) is 5.11 Å². The van der Waals surface area contributed by atoms with Crippen LogP contribution in [-0.2, 0) is 9.47 Å². The summed E-state index contributed by atoms with van der Waals surface area (Å²) >= 11 is 3.14. The number of carbonyl (C=O) groups excluding carboxylic acids is 2. The van der Waals surface area contributed by atoms with Crippen molar-refractivity contribution in [3.05, 3.63) is 81.8 Å². The highest BCUT2D eigenvalue weighted by Crippen LogP contribution is 2.26. The summed E-state index contributed by atoms with van der Waals surface area (Å²) in [5, 5.41) is 18.7. The zero-order valence-electron chi connectivity index (χ0n) is 16.7. The normalized spacial score (nSPS) is 9.87. The van der Waals surface area contributed by atoms with Crippen LogP contribution < -0.4 is 0 Å². The Morgan fingerprint density at radius 3 is 1.73 bits per heavy atom. The van der Waals surface area contributed by atoms with Crippen molar-refractivity contribution in [2.24, 2.45) is 0 Å².